The summed E-state index contributed by atoms with van der Waals surface area (Å²) in [5.74, 6) is 3.46. The number of benzene rings is 3. The minimum absolute atomic E-state index is 0.0881. The number of carbonyl (C=O) groups excluding carboxylic acids is 1. The van der Waals surface area contributed by atoms with Crippen LogP contribution >= 0.6 is 0 Å². The van der Waals surface area contributed by atoms with E-state index >= 15 is 0 Å². The molecule has 204 valence electrons. The van der Waals surface area contributed by atoms with E-state index < -0.39 is 0 Å². The van der Waals surface area contributed by atoms with Crippen LogP contribution in [0.1, 0.15) is 27.0 Å². The second kappa shape index (κ2) is 10.9. The maximum atomic E-state index is 12.6. The summed E-state index contributed by atoms with van der Waals surface area (Å²) in [4.78, 5) is 26.8. The first-order valence-electron chi connectivity index (χ1n) is 13.3. The number of nitrogens with two attached hydrogens (primary N) is 1. The van der Waals surface area contributed by atoms with Crippen LogP contribution < -0.4 is 11.1 Å². The van der Waals surface area contributed by atoms with Crippen molar-refractivity contribution < 1.29 is 9.90 Å². The molecule has 3 aromatic carbocycles. The Hall–Kier alpha value is -5.94. The second-order valence-electron chi connectivity index (χ2n) is 9.82. The number of carbonyl (C=O) groups is 1. The molecule has 0 saturated heterocycles. The minimum Gasteiger partial charge on any atom is -0.508 e. The van der Waals surface area contributed by atoms with Gasteiger partial charge in [0.1, 0.15) is 17.1 Å². The number of aryl methyl sites for hydroxylation is 1. The number of phenolic OH excluding ortho intramolecular Hbond substituents is 1. The highest BCUT2D eigenvalue weighted by Gasteiger charge is 2.19. The lowest BCUT2D eigenvalue weighted by Gasteiger charge is -2.12. The molecular formula is C34H26N6O2. The van der Waals surface area contributed by atoms with Gasteiger partial charge >= 0.3 is 0 Å². The van der Waals surface area contributed by atoms with Crippen molar-refractivity contribution in [1.82, 2.24) is 24.8 Å². The highest BCUT2D eigenvalue weighted by molar-refractivity contribution is 5.94. The Morgan fingerprint density at radius 3 is 2.60 bits per heavy atom. The van der Waals surface area contributed by atoms with Gasteiger partial charge in [-0.25, -0.2) is 15.0 Å². The van der Waals surface area contributed by atoms with Crippen molar-refractivity contribution in [1.29, 1.82) is 0 Å². The maximum Gasteiger partial charge on any atom is 0.251 e. The second-order valence-corrected chi connectivity index (χ2v) is 9.82. The van der Waals surface area contributed by atoms with Gasteiger partial charge in [-0.1, -0.05) is 36.3 Å². The van der Waals surface area contributed by atoms with Gasteiger partial charge in [0, 0.05) is 35.1 Å². The lowest BCUT2D eigenvalue weighted by molar-refractivity contribution is 0.0950. The van der Waals surface area contributed by atoms with Crippen LogP contribution in [-0.4, -0.2) is 30.5 Å². The van der Waals surface area contributed by atoms with Crippen molar-refractivity contribution in [3.05, 3.63) is 119 Å². The Kier molecular flexibility index (Phi) is 6.83. The van der Waals surface area contributed by atoms with E-state index in [2.05, 4.69) is 16.2 Å². The molecule has 6 rings (SSSR count). The molecule has 0 aliphatic rings. The van der Waals surface area contributed by atoms with Gasteiger partial charge in [-0.2, -0.15) is 0 Å². The van der Waals surface area contributed by atoms with E-state index in [1.807, 2.05) is 77.4 Å². The molecule has 0 unspecified atom stereocenters. The van der Waals surface area contributed by atoms with Gasteiger partial charge in [0.25, 0.3) is 5.91 Å². The number of phenols is 1. The number of hydrogen-bond acceptors (Lipinski definition) is 6. The first-order chi connectivity index (χ1) is 20.4. The minimum atomic E-state index is -0.269. The van der Waals surface area contributed by atoms with Crippen LogP contribution in [0.25, 0.3) is 39.5 Å². The van der Waals surface area contributed by atoms with Crippen molar-refractivity contribution in [2.45, 2.75) is 13.5 Å². The van der Waals surface area contributed by atoms with E-state index in [9.17, 15) is 9.90 Å². The fraction of sp³-hybridized carbons (Fsp3) is 0.0588. The Morgan fingerprint density at radius 1 is 1.00 bits per heavy atom. The summed E-state index contributed by atoms with van der Waals surface area (Å²) in [6.45, 7) is 2.10. The van der Waals surface area contributed by atoms with Crippen LogP contribution in [0.4, 0.5) is 5.82 Å². The average Bonchev–Trinajstić information content (AvgIpc) is 3.40. The van der Waals surface area contributed by atoms with Crippen molar-refractivity contribution in [2.75, 3.05) is 5.73 Å². The van der Waals surface area contributed by atoms with E-state index in [1.54, 1.807) is 25.3 Å². The maximum absolute atomic E-state index is 12.6. The SMILES string of the molecule is C#Cc1cccc(-c2ccc3nc(-c4cccnc4N)n(-c4ccc(CNC(=O)c5ccc(C)c(O)c5)cc4)c3n2)c1. The third kappa shape index (κ3) is 5.03. The van der Waals surface area contributed by atoms with Crippen LogP contribution in [0.15, 0.2) is 97.2 Å². The van der Waals surface area contributed by atoms with Crippen molar-refractivity contribution >= 4 is 22.9 Å². The molecule has 1 amide bonds. The lowest BCUT2D eigenvalue weighted by atomic mass is 10.1. The number of nitrogen functional groups attached to an aromatic ring is 1. The van der Waals surface area contributed by atoms with E-state index in [4.69, 9.17) is 22.1 Å². The highest BCUT2D eigenvalue weighted by Crippen LogP contribution is 2.32. The van der Waals surface area contributed by atoms with Crippen LogP contribution in [-0.2, 0) is 6.54 Å². The molecule has 0 radical (unpaired) electrons. The summed E-state index contributed by atoms with van der Waals surface area (Å²) in [5, 5.41) is 12.9. The third-order valence-electron chi connectivity index (χ3n) is 7.03. The topological polar surface area (TPSA) is 119 Å². The Morgan fingerprint density at radius 2 is 1.83 bits per heavy atom. The summed E-state index contributed by atoms with van der Waals surface area (Å²) >= 11 is 0. The molecule has 6 aromatic rings. The molecular weight excluding hydrogens is 524 g/mol. The van der Waals surface area contributed by atoms with Crippen molar-refractivity contribution in [3.63, 3.8) is 0 Å². The van der Waals surface area contributed by atoms with Gasteiger partial charge in [-0.3, -0.25) is 9.36 Å². The van der Waals surface area contributed by atoms with Gasteiger partial charge in [0.15, 0.2) is 11.5 Å². The zero-order valence-electron chi connectivity index (χ0n) is 22.7. The summed E-state index contributed by atoms with van der Waals surface area (Å²) in [5.41, 5.74) is 13.6. The Bertz CT molecular complexity index is 2000. The average molecular weight is 551 g/mol. The van der Waals surface area contributed by atoms with Gasteiger partial charge in [-0.05, 0) is 78.7 Å². The standard InChI is InChI=1S/C34H26N6O2/c1-3-22-6-4-7-24(18-22)28-15-16-29-33(38-28)40(32(39-29)27-8-5-17-36-31(27)35)26-13-10-23(11-14-26)20-37-34(42)25-12-9-21(2)30(41)19-25/h1,4-19,41H,20H2,2H3,(H2,35,36)(H,37,42). The smallest absolute Gasteiger partial charge is 0.251 e. The highest BCUT2D eigenvalue weighted by atomic mass is 16.3. The molecule has 0 spiro atoms. The Labute approximate surface area is 242 Å². The van der Waals surface area contributed by atoms with Crippen molar-refractivity contribution in [3.8, 4) is 46.4 Å². The number of imidazole rings is 1. The normalized spacial score (nSPS) is 10.9. The number of terminal acetylenes is 1. The van der Waals surface area contributed by atoms with Gasteiger partial charge in [-0.15, -0.1) is 6.42 Å². The van der Waals surface area contributed by atoms with Crippen LogP contribution in [0, 0.1) is 19.3 Å². The van der Waals surface area contributed by atoms with E-state index in [0.717, 1.165) is 28.1 Å². The van der Waals surface area contributed by atoms with Gasteiger partial charge in [0.2, 0.25) is 0 Å². The van der Waals surface area contributed by atoms with Crippen LogP contribution in [0.3, 0.4) is 0 Å². The molecule has 0 saturated carbocycles. The summed E-state index contributed by atoms with van der Waals surface area (Å²) < 4.78 is 1.95. The van der Waals surface area contributed by atoms with Gasteiger partial charge < -0.3 is 16.2 Å². The molecule has 42 heavy (non-hydrogen) atoms. The predicted octanol–water partition coefficient (Wildman–Crippen LogP) is 5.66. The van der Waals surface area contributed by atoms with E-state index in [0.29, 0.717) is 46.0 Å². The quantitative estimate of drug-likeness (QED) is 0.230. The summed E-state index contributed by atoms with van der Waals surface area (Å²) in [6, 6.07) is 27.9. The van der Waals surface area contributed by atoms with E-state index in [-0.39, 0.29) is 11.7 Å². The molecule has 8 nitrogen and oxygen atoms in total. The number of aromatic hydroxyl groups is 1. The van der Waals surface area contributed by atoms with Gasteiger partial charge in [0.05, 0.1) is 11.3 Å². The van der Waals surface area contributed by atoms with Crippen LogP contribution in [0.2, 0.25) is 0 Å². The third-order valence-corrected chi connectivity index (χ3v) is 7.03. The number of hydrogen-bond donors (Lipinski definition) is 3. The number of rotatable bonds is 6. The number of pyridine rings is 2. The summed E-state index contributed by atoms with van der Waals surface area (Å²) in [7, 11) is 0. The fourth-order valence-electron chi connectivity index (χ4n) is 4.72. The molecule has 4 N–H and O–H groups in total. The molecule has 0 aliphatic heterocycles. The molecule has 0 fully saturated rings. The number of nitrogens with one attached hydrogen (secondary N) is 1. The molecule has 8 heteroatoms. The Balaban J connectivity index is 1.37. The molecule has 0 atom stereocenters. The molecule has 0 aliphatic carbocycles. The molecule has 3 aromatic heterocycles. The number of fused-ring (bicyclic) bond motifs is 1. The zero-order chi connectivity index (χ0) is 29.2. The largest absolute Gasteiger partial charge is 0.508 e. The summed E-state index contributed by atoms with van der Waals surface area (Å²) in [6.07, 6.45) is 7.27. The zero-order valence-corrected chi connectivity index (χ0v) is 22.7. The molecule has 0 bridgehead atoms. The van der Waals surface area contributed by atoms with Crippen LogP contribution in [0.5, 0.6) is 5.75 Å². The predicted molar refractivity (Wildman–Crippen MR) is 164 cm³/mol. The number of anilines is 1. The first-order valence-corrected chi connectivity index (χ1v) is 13.3. The lowest BCUT2D eigenvalue weighted by Crippen LogP contribution is -2.22. The molecule has 3 heterocycles. The first kappa shape index (κ1) is 26.3. The van der Waals surface area contributed by atoms with Crippen molar-refractivity contribution in [2.24, 2.45) is 0 Å². The fourth-order valence-corrected chi connectivity index (χ4v) is 4.72. The number of aromatic nitrogens is 4. The number of amides is 1. The number of nitrogens with zero attached hydrogens (tertiary/aromatic N) is 4. The van der Waals surface area contributed by atoms with E-state index in [1.165, 1.54) is 6.07 Å². The monoisotopic (exact) mass is 550 g/mol.